The minimum Gasteiger partial charge on any atom is -0.497 e. The van der Waals surface area contributed by atoms with Gasteiger partial charge in [0.05, 0.1) is 12.5 Å². The fraction of sp³-hybridized carbons (Fsp3) is 0.185. The molecule has 1 heterocycles. The highest BCUT2D eigenvalue weighted by Gasteiger charge is 2.23. The second kappa shape index (κ2) is 10.0. The molecule has 0 bridgehead atoms. The number of aryl methyl sites for hydroxylation is 1. The standard InChI is InChI=1S/C27H24ClNO5/c1-4-17-5-10-20(11-6-17)29-27(31)16(2)33-26-24(30)22-15-19(28)9-14-23(22)34-25(26)18-7-12-21(32-3)13-8-18/h5-16H,4H2,1-3H3,(H,29,31). The summed E-state index contributed by atoms with van der Waals surface area (Å²) in [5.41, 5.74) is 2.36. The van der Waals surface area contributed by atoms with E-state index in [1.165, 1.54) is 11.6 Å². The van der Waals surface area contributed by atoms with Crippen molar-refractivity contribution < 1.29 is 18.7 Å². The number of hydrogen-bond donors (Lipinski definition) is 1. The Morgan fingerprint density at radius 2 is 1.76 bits per heavy atom. The maximum Gasteiger partial charge on any atom is 0.265 e. The van der Waals surface area contributed by atoms with E-state index in [-0.39, 0.29) is 16.9 Å². The van der Waals surface area contributed by atoms with E-state index in [1.807, 2.05) is 24.3 Å². The van der Waals surface area contributed by atoms with Gasteiger partial charge in [-0.1, -0.05) is 30.7 Å². The Kier molecular flexibility index (Phi) is 6.89. The van der Waals surface area contributed by atoms with Gasteiger partial charge >= 0.3 is 0 Å². The van der Waals surface area contributed by atoms with Gasteiger partial charge < -0.3 is 19.2 Å². The number of rotatable bonds is 7. The van der Waals surface area contributed by atoms with E-state index >= 15 is 0 Å². The molecular formula is C27H24ClNO5. The van der Waals surface area contributed by atoms with Crippen molar-refractivity contribution in [3.05, 3.63) is 87.5 Å². The molecule has 0 radical (unpaired) electrons. The third-order valence-electron chi connectivity index (χ3n) is 5.46. The van der Waals surface area contributed by atoms with Crippen LogP contribution in [-0.4, -0.2) is 19.1 Å². The van der Waals surface area contributed by atoms with Crippen LogP contribution in [0.4, 0.5) is 5.69 Å². The first-order valence-electron chi connectivity index (χ1n) is 10.9. The van der Waals surface area contributed by atoms with Crippen molar-refractivity contribution in [2.24, 2.45) is 0 Å². The fourth-order valence-electron chi connectivity index (χ4n) is 3.49. The number of anilines is 1. The van der Waals surface area contributed by atoms with E-state index in [4.69, 9.17) is 25.5 Å². The molecule has 0 spiro atoms. The number of methoxy groups -OCH3 is 1. The molecule has 3 aromatic carbocycles. The fourth-order valence-corrected chi connectivity index (χ4v) is 3.66. The maximum absolute atomic E-state index is 13.4. The lowest BCUT2D eigenvalue weighted by atomic mass is 10.1. The topological polar surface area (TPSA) is 77.8 Å². The Balaban J connectivity index is 1.70. The summed E-state index contributed by atoms with van der Waals surface area (Å²) < 4.78 is 17.2. The van der Waals surface area contributed by atoms with Crippen LogP contribution in [-0.2, 0) is 11.2 Å². The first-order chi connectivity index (χ1) is 16.4. The van der Waals surface area contributed by atoms with E-state index in [0.29, 0.717) is 27.6 Å². The highest BCUT2D eigenvalue weighted by atomic mass is 35.5. The van der Waals surface area contributed by atoms with Crippen LogP contribution in [0.3, 0.4) is 0 Å². The van der Waals surface area contributed by atoms with Gasteiger partial charge in [0.2, 0.25) is 11.2 Å². The Hall–Kier alpha value is -3.77. The second-order valence-electron chi connectivity index (χ2n) is 7.76. The molecular weight excluding hydrogens is 454 g/mol. The van der Waals surface area contributed by atoms with E-state index < -0.39 is 17.4 Å². The molecule has 1 atom stereocenters. The Bertz CT molecular complexity index is 1380. The van der Waals surface area contributed by atoms with E-state index in [2.05, 4.69) is 12.2 Å². The molecule has 1 amide bonds. The molecule has 7 heteroatoms. The molecule has 0 saturated heterocycles. The summed E-state index contributed by atoms with van der Waals surface area (Å²) >= 11 is 6.10. The number of carbonyl (C=O) groups excluding carboxylic acids is 1. The summed E-state index contributed by atoms with van der Waals surface area (Å²) in [6.07, 6.45) is -0.0636. The Morgan fingerprint density at radius 1 is 1.06 bits per heavy atom. The SMILES string of the molecule is CCc1ccc(NC(=O)C(C)Oc2c(-c3ccc(OC)cc3)oc3ccc(Cl)cc3c2=O)cc1. The monoisotopic (exact) mass is 477 g/mol. The molecule has 1 unspecified atom stereocenters. The van der Waals surface area contributed by atoms with Gasteiger partial charge in [-0.3, -0.25) is 9.59 Å². The van der Waals surface area contributed by atoms with Crippen LogP contribution in [0.5, 0.6) is 11.5 Å². The first kappa shape index (κ1) is 23.4. The zero-order valence-electron chi connectivity index (χ0n) is 19.1. The lowest BCUT2D eigenvalue weighted by Gasteiger charge is -2.17. The van der Waals surface area contributed by atoms with Crippen molar-refractivity contribution in [3.8, 4) is 22.8 Å². The third-order valence-corrected chi connectivity index (χ3v) is 5.69. The number of nitrogens with one attached hydrogen (secondary N) is 1. The van der Waals surface area contributed by atoms with Crippen molar-refractivity contribution in [2.75, 3.05) is 12.4 Å². The van der Waals surface area contributed by atoms with E-state index in [0.717, 1.165) is 6.42 Å². The summed E-state index contributed by atoms with van der Waals surface area (Å²) in [6.45, 7) is 3.64. The minimum absolute atomic E-state index is 0.0658. The average Bonchev–Trinajstić information content (AvgIpc) is 2.86. The lowest BCUT2D eigenvalue weighted by molar-refractivity contribution is -0.122. The number of amides is 1. The molecule has 34 heavy (non-hydrogen) atoms. The van der Waals surface area contributed by atoms with Crippen LogP contribution in [0.1, 0.15) is 19.4 Å². The third kappa shape index (κ3) is 4.92. The van der Waals surface area contributed by atoms with Crippen molar-refractivity contribution in [1.82, 2.24) is 0 Å². The van der Waals surface area contributed by atoms with Crippen LogP contribution in [0.25, 0.3) is 22.3 Å². The number of hydrogen-bond acceptors (Lipinski definition) is 5. The zero-order valence-corrected chi connectivity index (χ0v) is 19.8. The molecule has 4 aromatic rings. The Morgan fingerprint density at radius 3 is 2.41 bits per heavy atom. The van der Waals surface area contributed by atoms with Gasteiger partial charge in [-0.25, -0.2) is 0 Å². The quantitative estimate of drug-likeness (QED) is 0.348. The summed E-state index contributed by atoms with van der Waals surface area (Å²) in [5, 5.41) is 3.48. The maximum atomic E-state index is 13.4. The smallest absolute Gasteiger partial charge is 0.265 e. The van der Waals surface area contributed by atoms with Crippen LogP contribution in [0.2, 0.25) is 5.02 Å². The molecule has 1 N–H and O–H groups in total. The summed E-state index contributed by atoms with van der Waals surface area (Å²) in [7, 11) is 1.57. The summed E-state index contributed by atoms with van der Waals surface area (Å²) in [4.78, 5) is 26.2. The van der Waals surface area contributed by atoms with Crippen molar-refractivity contribution >= 4 is 34.2 Å². The van der Waals surface area contributed by atoms with Gasteiger partial charge in [-0.15, -0.1) is 0 Å². The zero-order chi connectivity index (χ0) is 24.2. The second-order valence-corrected chi connectivity index (χ2v) is 8.19. The number of benzene rings is 3. The molecule has 0 fully saturated rings. The van der Waals surface area contributed by atoms with Gasteiger partial charge in [0, 0.05) is 16.3 Å². The number of carbonyl (C=O) groups is 1. The molecule has 4 rings (SSSR count). The molecule has 0 saturated carbocycles. The van der Waals surface area contributed by atoms with Gasteiger partial charge in [0.15, 0.2) is 11.9 Å². The largest absolute Gasteiger partial charge is 0.497 e. The van der Waals surface area contributed by atoms with E-state index in [9.17, 15) is 9.59 Å². The van der Waals surface area contributed by atoms with Gasteiger partial charge in [0.1, 0.15) is 11.3 Å². The molecule has 0 aliphatic heterocycles. The van der Waals surface area contributed by atoms with Crippen molar-refractivity contribution in [2.45, 2.75) is 26.4 Å². The van der Waals surface area contributed by atoms with E-state index in [1.54, 1.807) is 50.4 Å². The Labute approximate surface area is 202 Å². The molecule has 1 aromatic heterocycles. The van der Waals surface area contributed by atoms with Gasteiger partial charge in [-0.2, -0.15) is 0 Å². The first-order valence-corrected chi connectivity index (χ1v) is 11.2. The molecule has 0 aliphatic rings. The van der Waals surface area contributed by atoms with Crippen molar-refractivity contribution in [3.63, 3.8) is 0 Å². The minimum atomic E-state index is -0.970. The number of ether oxygens (including phenoxy) is 2. The highest BCUT2D eigenvalue weighted by molar-refractivity contribution is 6.31. The normalized spacial score (nSPS) is 11.8. The average molecular weight is 478 g/mol. The van der Waals surface area contributed by atoms with Gasteiger partial charge in [-0.05, 0) is 73.5 Å². The van der Waals surface area contributed by atoms with Crippen LogP contribution in [0, 0.1) is 0 Å². The van der Waals surface area contributed by atoms with Crippen LogP contribution in [0.15, 0.2) is 75.9 Å². The van der Waals surface area contributed by atoms with Crippen LogP contribution < -0.4 is 20.2 Å². The molecule has 0 aliphatic carbocycles. The number of halogens is 1. The summed E-state index contributed by atoms with van der Waals surface area (Å²) in [5.74, 6) is 0.414. The lowest BCUT2D eigenvalue weighted by Crippen LogP contribution is -2.31. The number of fused-ring (bicyclic) bond motifs is 1. The highest BCUT2D eigenvalue weighted by Crippen LogP contribution is 2.33. The predicted octanol–water partition coefficient (Wildman–Crippen LogP) is 6.09. The summed E-state index contributed by atoms with van der Waals surface area (Å²) in [6, 6.07) is 19.4. The van der Waals surface area contributed by atoms with Crippen molar-refractivity contribution in [1.29, 1.82) is 0 Å². The van der Waals surface area contributed by atoms with Crippen LogP contribution >= 0.6 is 11.6 Å². The van der Waals surface area contributed by atoms with Gasteiger partial charge in [0.25, 0.3) is 5.91 Å². The molecule has 174 valence electrons. The molecule has 6 nitrogen and oxygen atoms in total. The predicted molar refractivity (Wildman–Crippen MR) is 134 cm³/mol.